The molecule has 2 aromatic rings. The molecule has 6 nitrogen and oxygen atoms in total. The monoisotopic (exact) mass is 330 g/mol. The average Bonchev–Trinajstić information content (AvgIpc) is 2.95. The second kappa shape index (κ2) is 5.73. The van der Waals surface area contributed by atoms with Crippen LogP contribution in [0.5, 0.6) is 0 Å². The van der Waals surface area contributed by atoms with E-state index in [4.69, 9.17) is 5.73 Å². The van der Waals surface area contributed by atoms with E-state index < -0.39 is 5.92 Å². The number of thioether (sulfide) groups is 1. The summed E-state index contributed by atoms with van der Waals surface area (Å²) >= 11 is 1.57. The lowest BCUT2D eigenvalue weighted by Gasteiger charge is -2.16. The Kier molecular flexibility index (Phi) is 3.89. The Morgan fingerprint density at radius 3 is 2.70 bits per heavy atom. The van der Waals surface area contributed by atoms with Gasteiger partial charge in [-0.1, -0.05) is 6.07 Å². The fourth-order valence-electron chi connectivity index (χ4n) is 3.00. The summed E-state index contributed by atoms with van der Waals surface area (Å²) in [7, 11) is 1.73. The Bertz CT molecular complexity index is 799. The molecule has 2 N–H and O–H groups in total. The summed E-state index contributed by atoms with van der Waals surface area (Å²) in [4.78, 5) is 27.5. The fraction of sp³-hybridized carbons (Fsp3) is 0.312. The van der Waals surface area contributed by atoms with Gasteiger partial charge in [0.2, 0.25) is 11.8 Å². The SMILES string of the molecule is CSc1cccc(N2C(=O)C[C@H](c3c(C)nn(C)c3N)C2=O)c1. The molecule has 1 aromatic carbocycles. The number of carbonyl (C=O) groups excluding carboxylic acids is 2. The van der Waals surface area contributed by atoms with E-state index in [0.717, 1.165) is 4.90 Å². The lowest BCUT2D eigenvalue weighted by Crippen LogP contribution is -2.30. The van der Waals surface area contributed by atoms with Crippen LogP contribution in [0.3, 0.4) is 0 Å². The largest absolute Gasteiger partial charge is 0.384 e. The van der Waals surface area contributed by atoms with E-state index in [0.29, 0.717) is 22.8 Å². The molecule has 1 saturated heterocycles. The summed E-state index contributed by atoms with van der Waals surface area (Å²) in [5.41, 5.74) is 7.99. The van der Waals surface area contributed by atoms with E-state index in [9.17, 15) is 9.59 Å². The van der Waals surface area contributed by atoms with E-state index in [1.807, 2.05) is 24.5 Å². The molecule has 1 aliphatic heterocycles. The van der Waals surface area contributed by atoms with Crippen molar-refractivity contribution in [1.29, 1.82) is 0 Å². The molecule has 23 heavy (non-hydrogen) atoms. The van der Waals surface area contributed by atoms with Crippen molar-refractivity contribution in [3.8, 4) is 0 Å². The molecular formula is C16H18N4O2S. The first-order valence-electron chi connectivity index (χ1n) is 7.24. The standard InChI is InChI=1S/C16H18N4O2S/c1-9-14(15(17)19(2)18-9)12-8-13(21)20(16(12)22)10-5-4-6-11(7-10)23-3/h4-7,12H,8,17H2,1-3H3/t12-/m1/s1. The zero-order valence-corrected chi connectivity index (χ0v) is 14.1. The Balaban J connectivity index is 2.00. The third kappa shape index (κ3) is 2.50. The number of nitrogens with two attached hydrogens (primary N) is 1. The first kappa shape index (κ1) is 15.6. The smallest absolute Gasteiger partial charge is 0.242 e. The first-order valence-corrected chi connectivity index (χ1v) is 8.46. The highest BCUT2D eigenvalue weighted by atomic mass is 32.2. The van der Waals surface area contributed by atoms with Gasteiger partial charge in [0, 0.05) is 23.9 Å². The van der Waals surface area contributed by atoms with Crippen LogP contribution in [0.1, 0.15) is 23.6 Å². The quantitative estimate of drug-likeness (QED) is 0.688. The van der Waals surface area contributed by atoms with Gasteiger partial charge in [-0.2, -0.15) is 5.10 Å². The summed E-state index contributed by atoms with van der Waals surface area (Å²) in [6.07, 6.45) is 2.08. The van der Waals surface area contributed by atoms with Crippen LogP contribution >= 0.6 is 11.8 Å². The van der Waals surface area contributed by atoms with Gasteiger partial charge in [-0.3, -0.25) is 14.3 Å². The first-order chi connectivity index (χ1) is 10.9. The number of rotatable bonds is 3. The number of amides is 2. The maximum absolute atomic E-state index is 12.8. The topological polar surface area (TPSA) is 81.2 Å². The second-order valence-corrected chi connectivity index (χ2v) is 6.41. The number of benzene rings is 1. The van der Waals surface area contributed by atoms with Gasteiger partial charge >= 0.3 is 0 Å². The summed E-state index contributed by atoms with van der Waals surface area (Å²) < 4.78 is 1.54. The van der Waals surface area contributed by atoms with Gasteiger partial charge in [-0.15, -0.1) is 11.8 Å². The molecule has 0 saturated carbocycles. The highest BCUT2D eigenvalue weighted by Crippen LogP contribution is 2.37. The van der Waals surface area contributed by atoms with Crippen molar-refractivity contribution in [3.05, 3.63) is 35.5 Å². The summed E-state index contributed by atoms with van der Waals surface area (Å²) in [6, 6.07) is 7.42. The van der Waals surface area contributed by atoms with E-state index in [-0.39, 0.29) is 18.2 Å². The maximum atomic E-state index is 12.8. The van der Waals surface area contributed by atoms with Crippen molar-refractivity contribution >= 4 is 35.1 Å². The van der Waals surface area contributed by atoms with Gasteiger partial charge in [-0.05, 0) is 31.4 Å². The van der Waals surface area contributed by atoms with Crippen LogP contribution in [-0.4, -0.2) is 27.9 Å². The molecule has 0 spiro atoms. The molecule has 3 rings (SSSR count). The number of hydrogen-bond acceptors (Lipinski definition) is 5. The van der Waals surface area contributed by atoms with Crippen molar-refractivity contribution in [2.24, 2.45) is 7.05 Å². The zero-order chi connectivity index (χ0) is 16.7. The number of hydrogen-bond donors (Lipinski definition) is 1. The molecule has 0 aliphatic carbocycles. The zero-order valence-electron chi connectivity index (χ0n) is 13.2. The Hall–Kier alpha value is -2.28. The van der Waals surface area contributed by atoms with Crippen LogP contribution in [0.2, 0.25) is 0 Å². The van der Waals surface area contributed by atoms with Crippen molar-refractivity contribution in [2.75, 3.05) is 16.9 Å². The number of imide groups is 1. The van der Waals surface area contributed by atoms with Gasteiger partial charge in [0.1, 0.15) is 5.82 Å². The van der Waals surface area contributed by atoms with Gasteiger partial charge < -0.3 is 5.73 Å². The van der Waals surface area contributed by atoms with Gasteiger partial charge in [0.05, 0.1) is 17.3 Å². The van der Waals surface area contributed by atoms with E-state index >= 15 is 0 Å². The number of carbonyl (C=O) groups is 2. The molecule has 2 amide bonds. The number of nitrogen functional groups attached to an aromatic ring is 1. The maximum Gasteiger partial charge on any atom is 0.242 e. The molecule has 2 heterocycles. The predicted octanol–water partition coefficient (Wildman–Crippen LogP) is 2.08. The highest BCUT2D eigenvalue weighted by molar-refractivity contribution is 7.98. The van der Waals surface area contributed by atoms with Crippen molar-refractivity contribution in [1.82, 2.24) is 9.78 Å². The van der Waals surface area contributed by atoms with Crippen molar-refractivity contribution < 1.29 is 9.59 Å². The summed E-state index contributed by atoms with van der Waals surface area (Å²) in [5.74, 6) is -0.570. The van der Waals surface area contributed by atoms with Gasteiger partial charge in [0.25, 0.3) is 0 Å². The Morgan fingerprint density at radius 1 is 1.35 bits per heavy atom. The van der Waals surface area contributed by atoms with Gasteiger partial charge in [0.15, 0.2) is 0 Å². The number of anilines is 2. The molecule has 1 fully saturated rings. The normalized spacial score (nSPS) is 18.0. The number of aromatic nitrogens is 2. The molecule has 7 heteroatoms. The lowest BCUT2D eigenvalue weighted by atomic mass is 9.97. The molecule has 0 radical (unpaired) electrons. The minimum atomic E-state index is -0.561. The molecule has 1 aliphatic rings. The van der Waals surface area contributed by atoms with Crippen LogP contribution in [-0.2, 0) is 16.6 Å². The van der Waals surface area contributed by atoms with Crippen molar-refractivity contribution in [3.63, 3.8) is 0 Å². The molecule has 0 bridgehead atoms. The van der Waals surface area contributed by atoms with E-state index in [1.165, 1.54) is 4.90 Å². The Labute approximate surface area is 138 Å². The van der Waals surface area contributed by atoms with Crippen LogP contribution in [0.4, 0.5) is 11.5 Å². The van der Waals surface area contributed by atoms with Crippen LogP contribution in [0, 0.1) is 6.92 Å². The summed E-state index contributed by atoms with van der Waals surface area (Å²) in [6.45, 7) is 1.81. The third-order valence-corrected chi connectivity index (χ3v) is 4.85. The molecule has 0 unspecified atom stereocenters. The minimum Gasteiger partial charge on any atom is -0.384 e. The second-order valence-electron chi connectivity index (χ2n) is 5.53. The summed E-state index contributed by atoms with van der Waals surface area (Å²) in [5, 5.41) is 4.25. The van der Waals surface area contributed by atoms with Crippen molar-refractivity contribution in [2.45, 2.75) is 24.2 Å². The third-order valence-electron chi connectivity index (χ3n) is 4.12. The van der Waals surface area contributed by atoms with E-state index in [2.05, 4.69) is 5.10 Å². The Morgan fingerprint density at radius 2 is 2.09 bits per heavy atom. The number of nitrogens with zero attached hydrogens (tertiary/aromatic N) is 3. The number of aryl methyl sites for hydroxylation is 2. The molecule has 1 atom stereocenters. The van der Waals surface area contributed by atoms with Crippen LogP contribution < -0.4 is 10.6 Å². The average molecular weight is 330 g/mol. The van der Waals surface area contributed by atoms with Crippen LogP contribution in [0.25, 0.3) is 0 Å². The van der Waals surface area contributed by atoms with Gasteiger partial charge in [-0.25, -0.2) is 4.90 Å². The lowest BCUT2D eigenvalue weighted by molar-refractivity contribution is -0.121. The van der Waals surface area contributed by atoms with Crippen LogP contribution in [0.15, 0.2) is 29.2 Å². The minimum absolute atomic E-state index is 0.124. The predicted molar refractivity (Wildman–Crippen MR) is 90.4 cm³/mol. The fourth-order valence-corrected chi connectivity index (χ4v) is 3.45. The van der Waals surface area contributed by atoms with E-state index in [1.54, 1.807) is 36.5 Å². The molecular weight excluding hydrogens is 312 g/mol. The highest BCUT2D eigenvalue weighted by Gasteiger charge is 2.42. The molecule has 1 aromatic heterocycles. The molecule has 120 valence electrons.